The summed E-state index contributed by atoms with van der Waals surface area (Å²) in [5.74, 6) is 0.524. The van der Waals surface area contributed by atoms with Crippen molar-refractivity contribution in [3.8, 4) is 5.75 Å². The predicted molar refractivity (Wildman–Crippen MR) is 104 cm³/mol. The van der Waals surface area contributed by atoms with Gasteiger partial charge in [0.25, 0.3) is 10.0 Å². The van der Waals surface area contributed by atoms with Crippen molar-refractivity contribution in [2.45, 2.75) is 31.1 Å². The second-order valence-electron chi connectivity index (χ2n) is 6.31. The third-order valence-corrected chi connectivity index (χ3v) is 6.35. The molecule has 0 bridgehead atoms. The van der Waals surface area contributed by atoms with Crippen molar-refractivity contribution in [2.75, 3.05) is 16.6 Å². The summed E-state index contributed by atoms with van der Waals surface area (Å²) in [6.45, 7) is 4.35. The van der Waals surface area contributed by atoms with Gasteiger partial charge in [0.05, 0.1) is 18.7 Å². The van der Waals surface area contributed by atoms with E-state index >= 15 is 0 Å². The number of sulfonamides is 1. The van der Waals surface area contributed by atoms with E-state index in [4.69, 9.17) is 4.74 Å². The number of benzene rings is 2. The summed E-state index contributed by atoms with van der Waals surface area (Å²) in [6.07, 6.45) is 0.217. The number of hydrogen-bond donors (Lipinski definition) is 2. The quantitative estimate of drug-likeness (QED) is 0.752. The lowest BCUT2D eigenvalue weighted by atomic mass is 10.0. The largest absolute Gasteiger partial charge is 0.491 e. The van der Waals surface area contributed by atoms with E-state index in [1.807, 2.05) is 12.1 Å². The van der Waals surface area contributed by atoms with E-state index < -0.39 is 10.0 Å². The van der Waals surface area contributed by atoms with E-state index in [1.165, 1.54) is 12.1 Å². The fraction of sp³-hybridized carbons (Fsp3) is 0.278. The molecule has 0 spiro atoms. The Balaban J connectivity index is 1.92. The van der Waals surface area contributed by atoms with E-state index in [9.17, 15) is 13.2 Å². The number of rotatable bonds is 4. The summed E-state index contributed by atoms with van der Waals surface area (Å²) in [4.78, 5) is 11.7. The Hall–Kier alpha value is -2.06. The summed E-state index contributed by atoms with van der Waals surface area (Å²) in [5, 5.41) is 2.70. The van der Waals surface area contributed by atoms with E-state index in [0.717, 1.165) is 5.56 Å². The van der Waals surface area contributed by atoms with Crippen molar-refractivity contribution in [2.24, 2.45) is 0 Å². The molecule has 2 N–H and O–H groups in total. The van der Waals surface area contributed by atoms with Crippen LogP contribution < -0.4 is 14.8 Å². The van der Waals surface area contributed by atoms with Gasteiger partial charge in [0.15, 0.2) is 0 Å². The molecule has 3 rings (SSSR count). The summed E-state index contributed by atoms with van der Waals surface area (Å²) in [6, 6.07) is 10.2. The average molecular weight is 439 g/mol. The van der Waals surface area contributed by atoms with Gasteiger partial charge in [0, 0.05) is 16.2 Å². The first-order valence-electron chi connectivity index (χ1n) is 8.15. The first-order valence-corrected chi connectivity index (χ1v) is 10.4. The van der Waals surface area contributed by atoms with E-state index in [1.54, 1.807) is 12.1 Å². The molecular weight excluding hydrogens is 420 g/mol. The van der Waals surface area contributed by atoms with Gasteiger partial charge in [-0.3, -0.25) is 9.52 Å². The van der Waals surface area contributed by atoms with Crippen LogP contribution in [-0.2, 0) is 14.8 Å². The van der Waals surface area contributed by atoms with Gasteiger partial charge in [-0.05, 0) is 45.6 Å². The lowest BCUT2D eigenvalue weighted by molar-refractivity contribution is -0.116. The third-order valence-electron chi connectivity index (χ3n) is 4.01. The molecule has 0 saturated heterocycles. The van der Waals surface area contributed by atoms with Crippen LogP contribution >= 0.6 is 15.9 Å². The molecule has 0 aromatic heterocycles. The Morgan fingerprint density at radius 2 is 1.88 bits per heavy atom. The van der Waals surface area contributed by atoms with Crippen molar-refractivity contribution in [1.82, 2.24) is 0 Å². The molecule has 0 radical (unpaired) electrons. The highest BCUT2D eigenvalue weighted by molar-refractivity contribution is 9.10. The van der Waals surface area contributed by atoms with Crippen LogP contribution in [0.4, 0.5) is 11.4 Å². The molecule has 26 heavy (non-hydrogen) atoms. The summed E-state index contributed by atoms with van der Waals surface area (Å²) in [7, 11) is -3.83. The Morgan fingerprint density at radius 1 is 1.19 bits per heavy atom. The lowest BCUT2D eigenvalue weighted by Gasteiger charge is -2.14. The molecule has 0 atom stereocenters. The van der Waals surface area contributed by atoms with Gasteiger partial charge in [0.1, 0.15) is 10.6 Å². The van der Waals surface area contributed by atoms with E-state index in [0.29, 0.717) is 27.5 Å². The maximum atomic E-state index is 12.8. The third kappa shape index (κ3) is 4.02. The predicted octanol–water partition coefficient (Wildman–Crippen LogP) is 4.09. The van der Waals surface area contributed by atoms with Gasteiger partial charge in [-0.15, -0.1) is 0 Å². The Morgan fingerprint density at radius 3 is 2.54 bits per heavy atom. The van der Waals surface area contributed by atoms with Gasteiger partial charge in [0.2, 0.25) is 5.91 Å². The lowest BCUT2D eigenvalue weighted by Crippen LogP contribution is -2.14. The highest BCUT2D eigenvalue weighted by atomic mass is 79.9. The van der Waals surface area contributed by atoms with Crippen LogP contribution in [0.25, 0.3) is 0 Å². The van der Waals surface area contributed by atoms with Gasteiger partial charge < -0.3 is 10.1 Å². The van der Waals surface area contributed by atoms with Crippen molar-refractivity contribution < 1.29 is 17.9 Å². The van der Waals surface area contributed by atoms with E-state index in [2.05, 4.69) is 39.8 Å². The SMILES string of the molecule is CC(C)c1ccc(NS(=O)(=O)c2cc3c(cc2Br)NC(=O)CCO3)cc1. The van der Waals surface area contributed by atoms with Crippen LogP contribution in [-0.4, -0.2) is 20.9 Å². The Kier molecular flexibility index (Phi) is 5.24. The highest BCUT2D eigenvalue weighted by Gasteiger charge is 2.23. The molecule has 6 nitrogen and oxygen atoms in total. The van der Waals surface area contributed by atoms with E-state index in [-0.39, 0.29) is 23.8 Å². The van der Waals surface area contributed by atoms with Crippen molar-refractivity contribution >= 4 is 43.2 Å². The summed E-state index contributed by atoms with van der Waals surface area (Å²) < 4.78 is 34.0. The molecule has 0 fully saturated rings. The molecule has 1 aliphatic rings. The second-order valence-corrected chi connectivity index (χ2v) is 8.81. The minimum atomic E-state index is -3.83. The monoisotopic (exact) mass is 438 g/mol. The minimum Gasteiger partial charge on any atom is -0.491 e. The molecule has 138 valence electrons. The highest BCUT2D eigenvalue weighted by Crippen LogP contribution is 2.36. The fourth-order valence-electron chi connectivity index (χ4n) is 2.57. The molecule has 2 aromatic carbocycles. The molecule has 1 heterocycles. The smallest absolute Gasteiger partial charge is 0.263 e. The minimum absolute atomic E-state index is 0.0420. The number of anilines is 2. The summed E-state index contributed by atoms with van der Waals surface area (Å²) in [5.41, 5.74) is 2.05. The first-order chi connectivity index (χ1) is 12.3. The van der Waals surface area contributed by atoms with Crippen LogP contribution in [0, 0.1) is 0 Å². The maximum Gasteiger partial charge on any atom is 0.263 e. The zero-order chi connectivity index (χ0) is 18.9. The zero-order valence-electron chi connectivity index (χ0n) is 14.4. The van der Waals surface area contributed by atoms with Crippen LogP contribution in [0.1, 0.15) is 31.7 Å². The number of nitrogens with one attached hydrogen (secondary N) is 2. The molecule has 0 saturated carbocycles. The molecule has 1 amide bonds. The molecule has 0 aliphatic carbocycles. The standard InChI is InChI=1S/C18H19BrN2O4S/c1-11(2)12-3-5-13(6-4-12)21-26(23,24)17-10-16-15(9-14(17)19)20-18(22)7-8-25-16/h3-6,9-11,21H,7-8H2,1-2H3,(H,20,22). The van der Waals surface area contributed by atoms with Crippen LogP contribution in [0.2, 0.25) is 0 Å². The number of halogens is 1. The zero-order valence-corrected chi connectivity index (χ0v) is 16.8. The average Bonchev–Trinajstić information content (AvgIpc) is 2.74. The van der Waals surface area contributed by atoms with Crippen molar-refractivity contribution in [1.29, 1.82) is 0 Å². The van der Waals surface area contributed by atoms with Gasteiger partial charge >= 0.3 is 0 Å². The maximum absolute atomic E-state index is 12.8. The number of carbonyl (C=O) groups excluding carboxylic acids is 1. The van der Waals surface area contributed by atoms with Gasteiger partial charge in [-0.1, -0.05) is 26.0 Å². The Bertz CT molecular complexity index is 940. The second kappa shape index (κ2) is 7.28. The summed E-state index contributed by atoms with van der Waals surface area (Å²) >= 11 is 3.27. The number of carbonyl (C=O) groups is 1. The topological polar surface area (TPSA) is 84.5 Å². The number of amides is 1. The van der Waals surface area contributed by atoms with Gasteiger partial charge in [-0.25, -0.2) is 8.42 Å². The molecular formula is C18H19BrN2O4S. The Labute approximate surface area is 161 Å². The van der Waals surface area contributed by atoms with Crippen molar-refractivity contribution in [3.63, 3.8) is 0 Å². The molecule has 8 heteroatoms. The van der Waals surface area contributed by atoms with Crippen LogP contribution in [0.3, 0.4) is 0 Å². The molecule has 0 unspecified atom stereocenters. The molecule has 1 aliphatic heterocycles. The van der Waals surface area contributed by atoms with Crippen LogP contribution in [0.15, 0.2) is 45.8 Å². The normalized spacial score (nSPS) is 14.2. The first kappa shape index (κ1) is 18.7. The fourth-order valence-corrected chi connectivity index (χ4v) is 4.69. The number of fused-ring (bicyclic) bond motifs is 1. The molecule has 2 aromatic rings. The number of ether oxygens (including phenoxy) is 1. The number of hydrogen-bond acceptors (Lipinski definition) is 4. The van der Waals surface area contributed by atoms with Crippen molar-refractivity contribution in [3.05, 3.63) is 46.4 Å². The van der Waals surface area contributed by atoms with Gasteiger partial charge in [-0.2, -0.15) is 0 Å². The van der Waals surface area contributed by atoms with Crippen LogP contribution in [0.5, 0.6) is 5.75 Å².